The zero-order valence-electron chi connectivity index (χ0n) is 15.7. The number of nitrogens with zero attached hydrogens (tertiary/aromatic N) is 2. The van der Waals surface area contributed by atoms with Crippen LogP contribution in [0.15, 0.2) is 18.2 Å². The van der Waals surface area contributed by atoms with Crippen LogP contribution in [0.5, 0.6) is 0 Å². The number of rotatable bonds is 4. The van der Waals surface area contributed by atoms with Gasteiger partial charge in [-0.05, 0) is 75.6 Å². The summed E-state index contributed by atoms with van der Waals surface area (Å²) < 4.78 is 0. The molecule has 0 bridgehead atoms. The van der Waals surface area contributed by atoms with E-state index in [4.69, 9.17) is 0 Å². The lowest BCUT2D eigenvalue weighted by Crippen LogP contribution is -2.41. The number of aliphatic hydroxyl groups is 1. The van der Waals surface area contributed by atoms with Crippen LogP contribution in [0, 0.1) is 12.8 Å². The van der Waals surface area contributed by atoms with E-state index >= 15 is 0 Å². The van der Waals surface area contributed by atoms with E-state index < -0.39 is 0 Å². The molecule has 0 spiro atoms. The first kappa shape index (κ1) is 18.1. The molecule has 5 heteroatoms. The van der Waals surface area contributed by atoms with Crippen LogP contribution >= 0.6 is 0 Å². The molecule has 5 nitrogen and oxygen atoms in total. The van der Waals surface area contributed by atoms with E-state index in [1.165, 1.54) is 24.9 Å². The first-order valence-electron chi connectivity index (χ1n) is 9.51. The second kappa shape index (κ2) is 7.65. The molecular weight excluding hydrogens is 314 g/mol. The normalized spacial score (nSPS) is 26.1. The van der Waals surface area contributed by atoms with Crippen LogP contribution in [0.2, 0.25) is 0 Å². The number of hydrogen-bond acceptors (Lipinski definition) is 3. The highest BCUT2D eigenvalue weighted by atomic mass is 16.3. The van der Waals surface area contributed by atoms with E-state index in [1.54, 1.807) is 4.90 Å². The van der Waals surface area contributed by atoms with Gasteiger partial charge < -0.3 is 20.2 Å². The summed E-state index contributed by atoms with van der Waals surface area (Å²) in [5, 5.41) is 12.4. The Balaban J connectivity index is 1.59. The molecule has 2 amide bonds. The molecule has 25 heavy (non-hydrogen) atoms. The van der Waals surface area contributed by atoms with E-state index in [9.17, 15) is 9.90 Å². The Bertz CT molecular complexity index is 613. The smallest absolute Gasteiger partial charge is 0.321 e. The van der Waals surface area contributed by atoms with E-state index in [-0.39, 0.29) is 12.1 Å². The largest absolute Gasteiger partial charge is 0.393 e. The average molecular weight is 345 g/mol. The topological polar surface area (TPSA) is 55.8 Å². The van der Waals surface area contributed by atoms with Gasteiger partial charge in [0.1, 0.15) is 0 Å². The maximum atomic E-state index is 12.4. The maximum Gasteiger partial charge on any atom is 0.321 e. The van der Waals surface area contributed by atoms with E-state index in [0.29, 0.717) is 18.5 Å². The number of hydrogen-bond donors (Lipinski definition) is 2. The highest BCUT2D eigenvalue weighted by molar-refractivity contribution is 5.90. The van der Waals surface area contributed by atoms with Crippen molar-refractivity contribution in [3.8, 4) is 0 Å². The van der Waals surface area contributed by atoms with Crippen LogP contribution in [0.3, 0.4) is 0 Å². The van der Waals surface area contributed by atoms with E-state index in [0.717, 1.165) is 30.6 Å². The summed E-state index contributed by atoms with van der Waals surface area (Å²) >= 11 is 0. The molecule has 1 saturated heterocycles. The van der Waals surface area contributed by atoms with Crippen LogP contribution in [0.4, 0.5) is 16.2 Å². The van der Waals surface area contributed by atoms with Gasteiger partial charge in [-0.2, -0.15) is 0 Å². The molecule has 1 aromatic carbocycles. The predicted molar refractivity (Wildman–Crippen MR) is 102 cm³/mol. The molecule has 1 atom stereocenters. The molecule has 2 N–H and O–H groups in total. The van der Waals surface area contributed by atoms with Crippen molar-refractivity contribution in [3.05, 3.63) is 23.8 Å². The van der Waals surface area contributed by atoms with Crippen molar-refractivity contribution in [1.29, 1.82) is 0 Å². The molecule has 2 fully saturated rings. The summed E-state index contributed by atoms with van der Waals surface area (Å²) in [5.74, 6) is 0.426. The first-order chi connectivity index (χ1) is 11.9. The Morgan fingerprint density at radius 3 is 2.76 bits per heavy atom. The van der Waals surface area contributed by atoms with Gasteiger partial charge in [0.15, 0.2) is 0 Å². The number of carbonyl (C=O) groups excluding carboxylic acids is 1. The lowest BCUT2D eigenvalue weighted by Gasteiger charge is -2.36. The predicted octanol–water partition coefficient (Wildman–Crippen LogP) is 3.61. The molecule has 3 rings (SSSR count). The van der Waals surface area contributed by atoms with Gasteiger partial charge in [-0.1, -0.05) is 0 Å². The molecule has 1 saturated carbocycles. The highest BCUT2D eigenvalue weighted by Crippen LogP contribution is 2.29. The fourth-order valence-electron chi connectivity index (χ4n) is 3.98. The monoisotopic (exact) mass is 345 g/mol. The Morgan fingerprint density at radius 2 is 2.12 bits per heavy atom. The first-order valence-corrected chi connectivity index (χ1v) is 9.51. The van der Waals surface area contributed by atoms with Crippen molar-refractivity contribution in [1.82, 2.24) is 4.90 Å². The maximum absolute atomic E-state index is 12.4. The number of nitrogens with one attached hydrogen (secondary N) is 1. The number of piperidine rings is 1. The quantitative estimate of drug-likeness (QED) is 0.876. The fourth-order valence-corrected chi connectivity index (χ4v) is 3.98. The number of amides is 2. The van der Waals surface area contributed by atoms with Crippen LogP contribution in [0.25, 0.3) is 0 Å². The van der Waals surface area contributed by atoms with Gasteiger partial charge in [0.2, 0.25) is 0 Å². The van der Waals surface area contributed by atoms with Gasteiger partial charge in [-0.25, -0.2) is 4.79 Å². The summed E-state index contributed by atoms with van der Waals surface area (Å²) in [5.41, 5.74) is 3.22. The van der Waals surface area contributed by atoms with Crippen LogP contribution < -0.4 is 10.2 Å². The Hall–Kier alpha value is -1.75. The minimum atomic E-state index is -0.173. The van der Waals surface area contributed by atoms with Gasteiger partial charge in [0.25, 0.3) is 0 Å². The molecule has 1 aliphatic carbocycles. The SMILES string of the molecule is Cc1cc(N2CCCCC2C)ccc1NC(=O)N(C)CC1CC(O)C1. The molecule has 0 aromatic heterocycles. The van der Waals surface area contributed by atoms with Gasteiger partial charge >= 0.3 is 6.03 Å². The Labute approximate surface area is 151 Å². The third-order valence-electron chi connectivity index (χ3n) is 5.68. The van der Waals surface area contributed by atoms with Crippen LogP contribution in [-0.2, 0) is 0 Å². The van der Waals surface area contributed by atoms with Crippen molar-refractivity contribution < 1.29 is 9.90 Å². The lowest BCUT2D eigenvalue weighted by atomic mass is 9.82. The van der Waals surface area contributed by atoms with Gasteiger partial charge in [0, 0.05) is 37.6 Å². The Kier molecular flexibility index (Phi) is 5.52. The average Bonchev–Trinajstić information content (AvgIpc) is 2.55. The van der Waals surface area contributed by atoms with Crippen molar-refractivity contribution in [3.63, 3.8) is 0 Å². The summed E-state index contributed by atoms with van der Waals surface area (Å²) in [6.45, 7) is 6.15. The second-order valence-corrected chi connectivity index (χ2v) is 7.84. The highest BCUT2D eigenvalue weighted by Gasteiger charge is 2.29. The molecule has 1 aliphatic heterocycles. The standard InChI is InChI=1S/C20H31N3O2/c1-14-10-17(23-9-5-4-6-15(23)2)7-8-19(14)21-20(25)22(3)13-16-11-18(24)12-16/h7-8,10,15-16,18,24H,4-6,9,11-13H2,1-3H3,(H,21,25). The van der Waals surface area contributed by atoms with Crippen LogP contribution in [0.1, 0.15) is 44.6 Å². The minimum Gasteiger partial charge on any atom is -0.393 e. The zero-order valence-corrected chi connectivity index (χ0v) is 15.7. The number of anilines is 2. The second-order valence-electron chi connectivity index (χ2n) is 7.84. The minimum absolute atomic E-state index is 0.0800. The van der Waals surface area contributed by atoms with Crippen molar-refractivity contribution >= 4 is 17.4 Å². The molecule has 0 radical (unpaired) electrons. The van der Waals surface area contributed by atoms with Gasteiger partial charge in [0.05, 0.1) is 6.10 Å². The number of urea groups is 1. The lowest BCUT2D eigenvalue weighted by molar-refractivity contribution is 0.0332. The number of aryl methyl sites for hydroxylation is 1. The van der Waals surface area contributed by atoms with E-state index in [2.05, 4.69) is 36.2 Å². The van der Waals surface area contributed by atoms with Crippen LogP contribution in [-0.4, -0.2) is 48.3 Å². The summed E-state index contributed by atoms with van der Waals surface area (Å²) in [6.07, 6.45) is 5.25. The third kappa shape index (κ3) is 4.27. The molecular formula is C20H31N3O2. The van der Waals surface area contributed by atoms with Crippen molar-refractivity contribution in [2.45, 2.75) is 58.1 Å². The number of benzene rings is 1. The molecule has 1 unspecified atom stereocenters. The molecule has 1 heterocycles. The van der Waals surface area contributed by atoms with Gasteiger partial charge in [-0.3, -0.25) is 0 Å². The fraction of sp³-hybridized carbons (Fsp3) is 0.650. The molecule has 2 aliphatic rings. The Morgan fingerprint density at radius 1 is 1.36 bits per heavy atom. The van der Waals surface area contributed by atoms with Crippen molar-refractivity contribution in [2.75, 3.05) is 30.4 Å². The zero-order chi connectivity index (χ0) is 18.0. The van der Waals surface area contributed by atoms with Crippen molar-refractivity contribution in [2.24, 2.45) is 5.92 Å². The summed E-state index contributed by atoms with van der Waals surface area (Å²) in [6, 6.07) is 6.82. The number of carbonyl (C=O) groups is 1. The molecule has 138 valence electrons. The van der Waals surface area contributed by atoms with Gasteiger partial charge in [-0.15, -0.1) is 0 Å². The summed E-state index contributed by atoms with van der Waals surface area (Å²) in [7, 11) is 1.82. The number of aliphatic hydroxyl groups excluding tert-OH is 1. The third-order valence-corrected chi connectivity index (χ3v) is 5.68. The summed E-state index contributed by atoms with van der Waals surface area (Å²) in [4.78, 5) is 16.6. The molecule has 1 aromatic rings. The van der Waals surface area contributed by atoms with E-state index in [1.807, 2.05) is 13.1 Å².